The Balaban J connectivity index is 2.39. The van der Waals surface area contributed by atoms with E-state index in [1.54, 1.807) is 0 Å². The summed E-state index contributed by atoms with van der Waals surface area (Å²) in [6, 6.07) is 0.950. The Kier molecular flexibility index (Phi) is 2.99. The minimum Gasteiger partial charge on any atom is -0.479 e. The summed E-state index contributed by atoms with van der Waals surface area (Å²) in [4.78, 5) is 10.2. The molecule has 0 atom stereocenters. The summed E-state index contributed by atoms with van der Waals surface area (Å²) in [7, 11) is -1.49. The summed E-state index contributed by atoms with van der Waals surface area (Å²) < 4.78 is 36.3. The van der Waals surface area contributed by atoms with Crippen LogP contribution in [0.1, 0.15) is 5.56 Å². The maximum absolute atomic E-state index is 13.7. The van der Waals surface area contributed by atoms with Gasteiger partial charge in [0.2, 0.25) is 0 Å². The van der Waals surface area contributed by atoms with Crippen molar-refractivity contribution >= 4 is 18.6 Å². The molecule has 0 saturated carbocycles. The first kappa shape index (κ1) is 11.8. The van der Waals surface area contributed by atoms with Crippen molar-refractivity contribution in [2.45, 2.75) is 6.61 Å². The van der Waals surface area contributed by atoms with Gasteiger partial charge in [-0.2, -0.15) is 0 Å². The third-order valence-corrected chi connectivity index (χ3v) is 2.28. The minimum absolute atomic E-state index is 0.108. The van der Waals surface area contributed by atoms with Crippen LogP contribution >= 0.6 is 0 Å². The van der Waals surface area contributed by atoms with Gasteiger partial charge in [-0.05, 0) is 11.6 Å². The van der Waals surface area contributed by atoms with Gasteiger partial charge in [0.25, 0.3) is 0 Å². The summed E-state index contributed by atoms with van der Waals surface area (Å²) in [6.07, 6.45) is 0. The number of hydrogen-bond acceptors (Lipinski definition) is 4. The highest BCUT2D eigenvalue weighted by molar-refractivity contribution is 6.61. The van der Waals surface area contributed by atoms with Crippen molar-refractivity contribution in [1.82, 2.24) is 0 Å². The molecule has 0 aliphatic carbocycles. The molecule has 8 heteroatoms. The van der Waals surface area contributed by atoms with Crippen molar-refractivity contribution in [3.63, 3.8) is 0 Å². The Bertz CT molecular complexity index is 479. The van der Waals surface area contributed by atoms with E-state index < -0.39 is 37.1 Å². The van der Waals surface area contributed by atoms with Gasteiger partial charge < -0.3 is 19.5 Å². The second-order valence-electron chi connectivity index (χ2n) is 3.42. The normalized spacial score (nSPS) is 13.7. The zero-order valence-electron chi connectivity index (χ0n) is 8.44. The van der Waals surface area contributed by atoms with Crippen LogP contribution < -0.4 is 10.2 Å². The summed E-state index contributed by atoms with van der Waals surface area (Å²) in [5, 5.41) is 17.7. The summed E-state index contributed by atoms with van der Waals surface area (Å²) in [5.74, 6) is -4.34. The first-order valence-corrected chi connectivity index (χ1v) is 4.65. The second-order valence-corrected chi connectivity index (χ2v) is 3.42. The Hall–Kier alpha value is -1.67. The predicted octanol–water partition coefficient (Wildman–Crippen LogP) is -0.354. The molecule has 0 aromatic heterocycles. The lowest BCUT2D eigenvalue weighted by Crippen LogP contribution is -2.32. The third-order valence-electron chi connectivity index (χ3n) is 2.28. The van der Waals surface area contributed by atoms with Gasteiger partial charge in [0.15, 0.2) is 24.0 Å². The predicted molar refractivity (Wildman–Crippen MR) is 51.9 cm³/mol. The molecule has 0 radical (unpaired) electrons. The van der Waals surface area contributed by atoms with Gasteiger partial charge in [0.05, 0.1) is 6.61 Å². The fourth-order valence-electron chi connectivity index (χ4n) is 1.57. The molecule has 0 spiro atoms. The second kappa shape index (κ2) is 4.30. The van der Waals surface area contributed by atoms with Crippen LogP contribution in [-0.4, -0.2) is 29.8 Å². The van der Waals surface area contributed by atoms with Gasteiger partial charge in [-0.3, -0.25) is 0 Å². The molecule has 2 rings (SSSR count). The number of hydrogen-bond donors (Lipinski definition) is 2. The number of fused-ring (bicyclic) bond motifs is 1. The molecular formula is C9H7BF2O5. The molecule has 0 unspecified atom stereocenters. The number of carboxylic acids is 1. The van der Waals surface area contributed by atoms with E-state index >= 15 is 0 Å². The number of carbonyl (C=O) groups is 1. The fourth-order valence-corrected chi connectivity index (χ4v) is 1.57. The van der Waals surface area contributed by atoms with Gasteiger partial charge in [-0.1, -0.05) is 0 Å². The number of benzene rings is 1. The van der Waals surface area contributed by atoms with Crippen molar-refractivity contribution in [3.8, 4) is 5.75 Å². The molecule has 2 N–H and O–H groups in total. The standard InChI is InChI=1S/C9H7BF2O5/c11-5-1-4-2-17-10(15)7(4)8(12)9(5)16-3-6(13)14/h1,15H,2-3H2,(H,13,14). The van der Waals surface area contributed by atoms with Crippen LogP contribution in [-0.2, 0) is 16.1 Å². The van der Waals surface area contributed by atoms with E-state index in [2.05, 4.69) is 4.74 Å². The number of halogens is 2. The van der Waals surface area contributed by atoms with Crippen molar-refractivity contribution in [2.75, 3.05) is 6.61 Å². The number of carboxylic acid groups (broad SMARTS) is 1. The zero-order chi connectivity index (χ0) is 12.6. The average molecular weight is 244 g/mol. The third kappa shape index (κ3) is 2.09. The first-order valence-electron chi connectivity index (χ1n) is 4.65. The van der Waals surface area contributed by atoms with Gasteiger partial charge in [-0.25, -0.2) is 13.6 Å². The molecule has 17 heavy (non-hydrogen) atoms. The van der Waals surface area contributed by atoms with Gasteiger partial charge in [0, 0.05) is 5.46 Å². The lowest BCUT2D eigenvalue weighted by molar-refractivity contribution is -0.139. The molecule has 1 aliphatic heterocycles. The van der Waals surface area contributed by atoms with Crippen LogP contribution in [0.15, 0.2) is 6.07 Å². The number of aliphatic carboxylic acids is 1. The molecular weight excluding hydrogens is 237 g/mol. The molecule has 1 aromatic carbocycles. The molecule has 1 heterocycles. The fraction of sp³-hybridized carbons (Fsp3) is 0.222. The topological polar surface area (TPSA) is 76.0 Å². The molecule has 1 aromatic rings. The van der Waals surface area contributed by atoms with E-state index in [0.717, 1.165) is 6.07 Å². The average Bonchev–Trinajstić information content (AvgIpc) is 2.59. The summed E-state index contributed by atoms with van der Waals surface area (Å²) >= 11 is 0. The molecule has 0 bridgehead atoms. The van der Waals surface area contributed by atoms with Gasteiger partial charge >= 0.3 is 13.1 Å². The van der Waals surface area contributed by atoms with Crippen LogP contribution in [0.25, 0.3) is 0 Å². The highest BCUT2D eigenvalue weighted by atomic mass is 19.1. The van der Waals surface area contributed by atoms with Crippen molar-refractivity contribution in [3.05, 3.63) is 23.3 Å². The molecule has 5 nitrogen and oxygen atoms in total. The molecule has 0 amide bonds. The maximum Gasteiger partial charge on any atom is 0.494 e. The van der Waals surface area contributed by atoms with Crippen molar-refractivity contribution in [1.29, 1.82) is 0 Å². The van der Waals surface area contributed by atoms with Crippen molar-refractivity contribution in [2.24, 2.45) is 0 Å². The van der Waals surface area contributed by atoms with Gasteiger partial charge in [0.1, 0.15) is 0 Å². The summed E-state index contributed by atoms with van der Waals surface area (Å²) in [5.41, 5.74) is -0.0398. The van der Waals surface area contributed by atoms with Crippen LogP contribution in [0.4, 0.5) is 8.78 Å². The van der Waals surface area contributed by atoms with E-state index in [1.165, 1.54) is 0 Å². The highest BCUT2D eigenvalue weighted by Gasteiger charge is 2.34. The molecule has 0 fully saturated rings. The number of ether oxygens (including phenoxy) is 1. The Morgan fingerprint density at radius 1 is 1.59 bits per heavy atom. The first-order chi connectivity index (χ1) is 8.00. The SMILES string of the molecule is O=C(O)COc1c(F)cc2c(c1F)B(O)OC2. The van der Waals surface area contributed by atoms with Crippen LogP contribution in [0.5, 0.6) is 5.75 Å². The Labute approximate surface area is 94.7 Å². The highest BCUT2D eigenvalue weighted by Crippen LogP contribution is 2.25. The Morgan fingerprint density at radius 2 is 2.29 bits per heavy atom. The molecule has 90 valence electrons. The minimum atomic E-state index is -1.49. The molecule has 0 saturated heterocycles. The van der Waals surface area contributed by atoms with E-state index in [1.807, 2.05) is 0 Å². The largest absolute Gasteiger partial charge is 0.494 e. The summed E-state index contributed by atoms with van der Waals surface area (Å²) in [6.45, 7) is -0.979. The maximum atomic E-state index is 13.7. The molecule has 1 aliphatic rings. The number of rotatable bonds is 3. The zero-order valence-corrected chi connectivity index (χ0v) is 8.44. The van der Waals surface area contributed by atoms with Crippen molar-refractivity contribution < 1.29 is 33.1 Å². The monoisotopic (exact) mass is 244 g/mol. The van der Waals surface area contributed by atoms with E-state index in [9.17, 15) is 18.6 Å². The quantitative estimate of drug-likeness (QED) is 0.710. The van der Waals surface area contributed by atoms with E-state index in [4.69, 9.17) is 9.76 Å². The lowest BCUT2D eigenvalue weighted by Gasteiger charge is -2.09. The van der Waals surface area contributed by atoms with Crippen LogP contribution in [0.2, 0.25) is 0 Å². The van der Waals surface area contributed by atoms with Crippen LogP contribution in [0, 0.1) is 11.6 Å². The Morgan fingerprint density at radius 3 is 2.94 bits per heavy atom. The smallest absolute Gasteiger partial charge is 0.479 e. The van der Waals surface area contributed by atoms with Crippen LogP contribution in [0.3, 0.4) is 0 Å². The lowest BCUT2D eigenvalue weighted by atomic mass is 9.79. The van der Waals surface area contributed by atoms with E-state index in [0.29, 0.717) is 0 Å². The van der Waals surface area contributed by atoms with Gasteiger partial charge in [-0.15, -0.1) is 0 Å². The van der Waals surface area contributed by atoms with E-state index in [-0.39, 0.29) is 17.6 Å².